The summed E-state index contributed by atoms with van der Waals surface area (Å²) in [4.78, 5) is 20.1. The highest BCUT2D eigenvalue weighted by atomic mass is 35.5. The molecule has 3 aromatic carbocycles. The van der Waals surface area contributed by atoms with Gasteiger partial charge >= 0.3 is 0 Å². The molecule has 1 N–H and O–H groups in total. The number of carbonyl (C=O) groups excluding carboxylic acids is 1. The molecule has 0 aliphatic carbocycles. The molecule has 1 fully saturated rings. The lowest BCUT2D eigenvalue weighted by Gasteiger charge is -2.31. The van der Waals surface area contributed by atoms with Crippen molar-refractivity contribution < 1.29 is 9.53 Å². The first-order valence-corrected chi connectivity index (χ1v) is 12.3. The van der Waals surface area contributed by atoms with E-state index in [0.717, 1.165) is 72.3 Å². The molecule has 2 heterocycles. The number of methoxy groups -OCH3 is 1. The van der Waals surface area contributed by atoms with E-state index in [1.54, 1.807) is 7.11 Å². The number of amides is 1. The van der Waals surface area contributed by atoms with E-state index in [4.69, 9.17) is 21.3 Å². The maximum Gasteiger partial charge on any atom is 0.227 e. The minimum atomic E-state index is 0.0150. The van der Waals surface area contributed by atoms with Gasteiger partial charge in [-0.3, -0.25) is 9.69 Å². The number of ether oxygens (including phenoxy) is 1. The Bertz CT molecular complexity index is 1290. The summed E-state index contributed by atoms with van der Waals surface area (Å²) in [5.41, 5.74) is 4.12. The maximum absolute atomic E-state index is 12.8. The number of piperidine rings is 1. The van der Waals surface area contributed by atoms with Crippen LogP contribution in [0.1, 0.15) is 24.2 Å². The molecule has 1 aliphatic rings. The van der Waals surface area contributed by atoms with Gasteiger partial charge in [-0.05, 0) is 80.0 Å². The Morgan fingerprint density at radius 2 is 1.71 bits per heavy atom. The van der Waals surface area contributed by atoms with Crippen LogP contribution >= 0.6 is 11.6 Å². The topological polar surface area (TPSA) is 59.4 Å². The number of anilines is 1. The molecule has 0 saturated carbocycles. The van der Waals surface area contributed by atoms with E-state index in [0.29, 0.717) is 0 Å². The minimum Gasteiger partial charge on any atom is -0.497 e. The van der Waals surface area contributed by atoms with E-state index in [-0.39, 0.29) is 11.8 Å². The Hall–Kier alpha value is -3.35. The zero-order chi connectivity index (χ0) is 24.2. The summed E-state index contributed by atoms with van der Waals surface area (Å²) >= 11 is 6.08. The molecular weight excluding hydrogens is 460 g/mol. The quantitative estimate of drug-likeness (QED) is 0.368. The molecule has 1 amide bonds. The molecule has 0 radical (unpaired) electrons. The van der Waals surface area contributed by atoms with Gasteiger partial charge in [-0.2, -0.15) is 0 Å². The number of fused-ring (bicyclic) bond motifs is 1. The second kappa shape index (κ2) is 10.5. The number of carbonyl (C=O) groups is 1. The van der Waals surface area contributed by atoms with Crippen LogP contribution in [0.3, 0.4) is 0 Å². The lowest BCUT2D eigenvalue weighted by atomic mass is 9.96. The number of nitrogens with zero attached hydrogens (tertiary/aromatic N) is 3. The third-order valence-electron chi connectivity index (χ3n) is 6.67. The Labute approximate surface area is 210 Å². The van der Waals surface area contributed by atoms with Gasteiger partial charge in [0.05, 0.1) is 24.7 Å². The van der Waals surface area contributed by atoms with E-state index in [9.17, 15) is 4.79 Å². The molecule has 0 spiro atoms. The van der Waals surface area contributed by atoms with Crippen molar-refractivity contribution in [2.24, 2.45) is 5.92 Å². The normalized spacial score (nSPS) is 14.8. The molecule has 1 aliphatic heterocycles. The van der Waals surface area contributed by atoms with Gasteiger partial charge in [0, 0.05) is 23.2 Å². The molecule has 0 unspecified atom stereocenters. The van der Waals surface area contributed by atoms with Crippen LogP contribution in [-0.2, 0) is 17.9 Å². The van der Waals surface area contributed by atoms with Gasteiger partial charge in [-0.1, -0.05) is 35.9 Å². The van der Waals surface area contributed by atoms with Crippen molar-refractivity contribution in [1.82, 2.24) is 14.5 Å². The fourth-order valence-corrected chi connectivity index (χ4v) is 4.79. The van der Waals surface area contributed by atoms with Crippen LogP contribution in [0.4, 0.5) is 5.69 Å². The minimum absolute atomic E-state index is 0.0150. The Kier molecular flexibility index (Phi) is 7.02. The zero-order valence-electron chi connectivity index (χ0n) is 19.8. The number of hydrogen-bond donors (Lipinski definition) is 1. The van der Waals surface area contributed by atoms with Crippen LogP contribution in [0.15, 0.2) is 72.8 Å². The number of rotatable bonds is 7. The van der Waals surface area contributed by atoms with Crippen LogP contribution in [0.25, 0.3) is 11.0 Å². The van der Waals surface area contributed by atoms with Crippen LogP contribution in [-0.4, -0.2) is 40.6 Å². The van der Waals surface area contributed by atoms with E-state index < -0.39 is 0 Å². The predicted molar refractivity (Wildman–Crippen MR) is 140 cm³/mol. The number of aromatic nitrogens is 2. The number of hydrogen-bond acceptors (Lipinski definition) is 4. The van der Waals surface area contributed by atoms with Gasteiger partial charge in [-0.15, -0.1) is 0 Å². The molecule has 1 aromatic heterocycles. The predicted octanol–water partition coefficient (Wildman–Crippen LogP) is 5.60. The average molecular weight is 489 g/mol. The first-order chi connectivity index (χ1) is 17.1. The molecule has 180 valence electrons. The summed E-state index contributed by atoms with van der Waals surface area (Å²) in [7, 11) is 1.63. The second-order valence-corrected chi connectivity index (χ2v) is 9.43. The Morgan fingerprint density at radius 3 is 2.43 bits per heavy atom. The molecule has 6 nitrogen and oxygen atoms in total. The molecule has 35 heavy (non-hydrogen) atoms. The van der Waals surface area contributed by atoms with Crippen molar-refractivity contribution >= 4 is 34.2 Å². The van der Waals surface area contributed by atoms with Gasteiger partial charge in [-0.25, -0.2) is 4.98 Å². The smallest absolute Gasteiger partial charge is 0.227 e. The molecule has 1 saturated heterocycles. The van der Waals surface area contributed by atoms with Crippen molar-refractivity contribution in [1.29, 1.82) is 0 Å². The highest BCUT2D eigenvalue weighted by Gasteiger charge is 2.26. The summed E-state index contributed by atoms with van der Waals surface area (Å²) in [6.07, 6.45) is 1.67. The molecule has 7 heteroatoms. The zero-order valence-corrected chi connectivity index (χ0v) is 20.5. The molecule has 0 atom stereocenters. The third kappa shape index (κ3) is 5.50. The van der Waals surface area contributed by atoms with Crippen molar-refractivity contribution in [3.63, 3.8) is 0 Å². The fourth-order valence-electron chi connectivity index (χ4n) is 4.67. The number of nitrogens with one attached hydrogen (secondary N) is 1. The van der Waals surface area contributed by atoms with E-state index in [1.807, 2.05) is 42.5 Å². The number of halogens is 1. The molecule has 4 aromatic rings. The lowest BCUT2D eigenvalue weighted by molar-refractivity contribution is -0.121. The summed E-state index contributed by atoms with van der Waals surface area (Å²) in [5.74, 6) is 1.92. The Morgan fingerprint density at radius 1 is 1.00 bits per heavy atom. The van der Waals surface area contributed by atoms with Crippen LogP contribution in [0.2, 0.25) is 5.02 Å². The Balaban J connectivity index is 1.24. The molecular formula is C28H29ClN4O2. The second-order valence-electron chi connectivity index (χ2n) is 9.00. The highest BCUT2D eigenvalue weighted by molar-refractivity contribution is 6.30. The SMILES string of the molecule is COc1ccc(NC(=O)C2CCN(Cc3nc4ccccc4n3Cc3ccc(Cl)cc3)CC2)cc1. The van der Waals surface area contributed by atoms with Crippen molar-refractivity contribution in [2.45, 2.75) is 25.9 Å². The summed E-state index contributed by atoms with van der Waals surface area (Å²) in [6, 6.07) is 23.7. The third-order valence-corrected chi connectivity index (χ3v) is 6.92. The van der Waals surface area contributed by atoms with Crippen molar-refractivity contribution in [3.8, 4) is 5.75 Å². The van der Waals surface area contributed by atoms with Crippen molar-refractivity contribution in [2.75, 3.05) is 25.5 Å². The lowest BCUT2D eigenvalue weighted by Crippen LogP contribution is -2.38. The number of para-hydroxylation sites is 2. The van der Waals surface area contributed by atoms with Gasteiger partial charge < -0.3 is 14.6 Å². The maximum atomic E-state index is 12.8. The average Bonchev–Trinajstić information content (AvgIpc) is 3.23. The van der Waals surface area contributed by atoms with Gasteiger partial charge in [0.2, 0.25) is 5.91 Å². The first-order valence-electron chi connectivity index (χ1n) is 11.9. The standard InChI is InChI=1S/C28H29ClN4O2/c1-35-24-12-10-23(11-13-24)30-28(34)21-14-16-32(17-15-21)19-27-31-25-4-2-3-5-26(25)33(27)18-20-6-8-22(29)9-7-20/h2-13,21H,14-19H2,1H3,(H,30,34). The number of imidazole rings is 1. The van der Waals surface area contributed by atoms with Gasteiger partial charge in [0.1, 0.15) is 11.6 Å². The van der Waals surface area contributed by atoms with Crippen molar-refractivity contribution in [3.05, 3.63) is 89.2 Å². The van der Waals surface area contributed by atoms with Crippen LogP contribution < -0.4 is 10.1 Å². The molecule has 0 bridgehead atoms. The van der Waals surface area contributed by atoms with Gasteiger partial charge in [0.25, 0.3) is 0 Å². The van der Waals surface area contributed by atoms with E-state index in [2.05, 4.69) is 45.1 Å². The van der Waals surface area contributed by atoms with Gasteiger partial charge in [0.15, 0.2) is 0 Å². The van der Waals surface area contributed by atoms with Crippen LogP contribution in [0.5, 0.6) is 5.75 Å². The first kappa shape index (κ1) is 23.4. The largest absolute Gasteiger partial charge is 0.497 e. The summed E-state index contributed by atoms with van der Waals surface area (Å²) < 4.78 is 7.48. The summed E-state index contributed by atoms with van der Waals surface area (Å²) in [5, 5.41) is 3.79. The van der Waals surface area contributed by atoms with Crippen LogP contribution in [0, 0.1) is 5.92 Å². The monoisotopic (exact) mass is 488 g/mol. The molecule has 5 rings (SSSR count). The fraction of sp³-hybridized carbons (Fsp3) is 0.286. The number of likely N-dealkylation sites (tertiary alicyclic amines) is 1. The summed E-state index contributed by atoms with van der Waals surface area (Å²) in [6.45, 7) is 3.23. The van der Waals surface area contributed by atoms with E-state index >= 15 is 0 Å². The van der Waals surface area contributed by atoms with E-state index in [1.165, 1.54) is 5.56 Å². The number of benzene rings is 3. The highest BCUT2D eigenvalue weighted by Crippen LogP contribution is 2.24.